The number of hydrogen-bond acceptors (Lipinski definition) is 7. The Labute approximate surface area is 146 Å². The predicted molar refractivity (Wildman–Crippen MR) is 94.1 cm³/mol. The molecular formula is C15H32BO7P. The highest BCUT2D eigenvalue weighted by atomic mass is 31.2. The summed E-state index contributed by atoms with van der Waals surface area (Å²) in [5, 5.41) is 0. The first-order valence-electron chi connectivity index (χ1n) is 8.76. The number of ether oxygens (including phenoxy) is 3. The van der Waals surface area contributed by atoms with Crippen LogP contribution in [0.15, 0.2) is 0 Å². The molecule has 0 aromatic heterocycles. The van der Waals surface area contributed by atoms with E-state index in [1.165, 1.54) is 7.11 Å². The van der Waals surface area contributed by atoms with Crippen LogP contribution >= 0.6 is 7.82 Å². The van der Waals surface area contributed by atoms with Crippen LogP contribution in [0.1, 0.15) is 39.5 Å². The summed E-state index contributed by atoms with van der Waals surface area (Å²) in [7, 11) is 1.14. The molecule has 0 amide bonds. The van der Waals surface area contributed by atoms with Crippen molar-refractivity contribution in [2.24, 2.45) is 0 Å². The van der Waals surface area contributed by atoms with Gasteiger partial charge in [0.15, 0.2) is 0 Å². The van der Waals surface area contributed by atoms with Crippen LogP contribution in [0.25, 0.3) is 0 Å². The molecule has 5 unspecified atom stereocenters. The van der Waals surface area contributed by atoms with Gasteiger partial charge in [0.1, 0.15) is 26.2 Å². The van der Waals surface area contributed by atoms with Crippen LogP contribution in [0.2, 0.25) is 0 Å². The van der Waals surface area contributed by atoms with Gasteiger partial charge in [-0.3, -0.25) is 13.6 Å². The second kappa shape index (κ2) is 11.6. The Morgan fingerprint density at radius 2 is 1.75 bits per heavy atom. The Hall–Kier alpha value is 0.0549. The minimum Gasteiger partial charge on any atom is -0.379 e. The quantitative estimate of drug-likeness (QED) is 0.281. The first-order chi connectivity index (χ1) is 11.5. The molecule has 24 heavy (non-hydrogen) atoms. The van der Waals surface area contributed by atoms with Crippen molar-refractivity contribution in [1.82, 2.24) is 0 Å². The van der Waals surface area contributed by atoms with Crippen molar-refractivity contribution in [2.75, 3.05) is 34.0 Å². The zero-order valence-corrected chi connectivity index (χ0v) is 16.5. The van der Waals surface area contributed by atoms with Crippen LogP contribution in [0.3, 0.4) is 0 Å². The number of methoxy groups -OCH3 is 1. The van der Waals surface area contributed by atoms with E-state index in [-0.39, 0.29) is 18.2 Å². The molecule has 7 nitrogen and oxygen atoms in total. The first kappa shape index (κ1) is 22.1. The van der Waals surface area contributed by atoms with Crippen LogP contribution in [-0.4, -0.2) is 66.2 Å². The van der Waals surface area contributed by atoms with Gasteiger partial charge in [0.05, 0.1) is 19.2 Å². The van der Waals surface area contributed by atoms with Crippen LogP contribution in [0, 0.1) is 0 Å². The fraction of sp³-hybridized carbons (Fsp3) is 1.00. The minimum atomic E-state index is -3.65. The SMILES string of the molecule is BC1OC(COCCCC)C(OP(=O)(OC)OCCCC)C1OC. The lowest BCUT2D eigenvalue weighted by Gasteiger charge is -2.26. The van der Waals surface area contributed by atoms with Gasteiger partial charge in [0.25, 0.3) is 0 Å². The monoisotopic (exact) mass is 366 g/mol. The van der Waals surface area contributed by atoms with E-state index >= 15 is 0 Å². The van der Waals surface area contributed by atoms with E-state index in [0.29, 0.717) is 19.8 Å². The lowest BCUT2D eigenvalue weighted by molar-refractivity contribution is -0.0395. The molecule has 0 radical (unpaired) electrons. The molecule has 1 saturated heterocycles. The number of hydrogen-bond donors (Lipinski definition) is 0. The molecule has 1 aliphatic rings. The molecule has 1 aliphatic heterocycles. The molecule has 0 aliphatic carbocycles. The van der Waals surface area contributed by atoms with Crippen molar-refractivity contribution in [3.63, 3.8) is 0 Å². The molecule has 0 saturated carbocycles. The van der Waals surface area contributed by atoms with Crippen LogP contribution in [0.5, 0.6) is 0 Å². The number of phosphoric acid groups is 1. The molecule has 0 bridgehead atoms. The molecular weight excluding hydrogens is 334 g/mol. The highest BCUT2D eigenvalue weighted by Gasteiger charge is 2.47. The molecule has 1 rings (SSSR count). The first-order valence-corrected chi connectivity index (χ1v) is 10.2. The van der Waals surface area contributed by atoms with E-state index in [4.69, 9.17) is 27.8 Å². The molecule has 1 heterocycles. The highest BCUT2D eigenvalue weighted by Crippen LogP contribution is 2.52. The predicted octanol–water partition coefficient (Wildman–Crippen LogP) is 2.13. The van der Waals surface area contributed by atoms with Gasteiger partial charge in [-0.05, 0) is 12.8 Å². The van der Waals surface area contributed by atoms with Gasteiger partial charge in [-0.2, -0.15) is 0 Å². The zero-order valence-electron chi connectivity index (χ0n) is 15.6. The Morgan fingerprint density at radius 3 is 2.33 bits per heavy atom. The molecule has 5 atom stereocenters. The molecule has 0 aromatic carbocycles. The van der Waals surface area contributed by atoms with Crippen LogP contribution < -0.4 is 0 Å². The van der Waals surface area contributed by atoms with Crippen molar-refractivity contribution in [1.29, 1.82) is 0 Å². The van der Waals surface area contributed by atoms with Gasteiger partial charge in [0.2, 0.25) is 0 Å². The fourth-order valence-corrected chi connectivity index (χ4v) is 3.70. The van der Waals surface area contributed by atoms with Crippen molar-refractivity contribution >= 4 is 15.7 Å². The lowest BCUT2D eigenvalue weighted by Crippen LogP contribution is -2.38. The zero-order chi connectivity index (χ0) is 18.0. The smallest absolute Gasteiger partial charge is 0.379 e. The fourth-order valence-electron chi connectivity index (χ4n) is 2.54. The summed E-state index contributed by atoms with van der Waals surface area (Å²) in [4.78, 5) is 0. The topological polar surface area (TPSA) is 72.5 Å². The Morgan fingerprint density at radius 1 is 1.08 bits per heavy atom. The summed E-state index contributed by atoms with van der Waals surface area (Å²) >= 11 is 0. The summed E-state index contributed by atoms with van der Waals surface area (Å²) in [6.07, 6.45) is 2.46. The van der Waals surface area contributed by atoms with Gasteiger partial charge in [-0.1, -0.05) is 26.7 Å². The average molecular weight is 366 g/mol. The van der Waals surface area contributed by atoms with Gasteiger partial charge in [-0.15, -0.1) is 0 Å². The van der Waals surface area contributed by atoms with Gasteiger partial charge in [-0.25, -0.2) is 4.57 Å². The minimum absolute atomic E-state index is 0.194. The number of phosphoric ester groups is 1. The molecule has 0 spiro atoms. The van der Waals surface area contributed by atoms with E-state index in [1.54, 1.807) is 7.11 Å². The Balaban J connectivity index is 2.70. The van der Waals surface area contributed by atoms with Crippen molar-refractivity contribution in [2.45, 2.75) is 63.8 Å². The molecule has 142 valence electrons. The third-order valence-electron chi connectivity index (χ3n) is 3.96. The second-order valence-corrected chi connectivity index (χ2v) is 7.62. The molecule has 1 fully saturated rings. The van der Waals surface area contributed by atoms with Crippen LogP contribution in [-0.2, 0) is 32.3 Å². The van der Waals surface area contributed by atoms with E-state index in [0.717, 1.165) is 25.7 Å². The maximum absolute atomic E-state index is 12.7. The largest absolute Gasteiger partial charge is 0.474 e. The Bertz CT molecular complexity index is 385. The van der Waals surface area contributed by atoms with Crippen LogP contribution in [0.4, 0.5) is 0 Å². The maximum atomic E-state index is 12.7. The molecule has 0 N–H and O–H groups in total. The van der Waals surface area contributed by atoms with Crippen molar-refractivity contribution in [3.05, 3.63) is 0 Å². The van der Waals surface area contributed by atoms with Gasteiger partial charge < -0.3 is 14.2 Å². The summed E-state index contributed by atoms with van der Waals surface area (Å²) in [5.74, 6) is 0. The van der Waals surface area contributed by atoms with E-state index < -0.39 is 13.9 Å². The van der Waals surface area contributed by atoms with Crippen molar-refractivity contribution in [3.8, 4) is 0 Å². The Kier molecular flexibility index (Phi) is 10.7. The summed E-state index contributed by atoms with van der Waals surface area (Å²) in [5.41, 5.74) is 0. The average Bonchev–Trinajstić information content (AvgIpc) is 2.86. The van der Waals surface area contributed by atoms with Gasteiger partial charge >= 0.3 is 7.82 Å². The number of unbranched alkanes of at least 4 members (excludes halogenated alkanes) is 2. The molecule has 9 heteroatoms. The molecule has 0 aromatic rings. The summed E-state index contributed by atoms with van der Waals surface area (Å²) in [6.45, 7) is 5.46. The standard InChI is InChI=1S/C15H32BO7P/c1-5-7-9-20-11-12-13(14(18-3)15(16)22-12)23-24(17,19-4)21-10-8-6-2/h12-15H,5-11,16H2,1-4H3. The maximum Gasteiger partial charge on any atom is 0.474 e. The third-order valence-corrected chi connectivity index (χ3v) is 5.41. The van der Waals surface area contributed by atoms with Gasteiger partial charge in [0, 0.05) is 20.8 Å². The van der Waals surface area contributed by atoms with E-state index in [9.17, 15) is 4.57 Å². The highest BCUT2D eigenvalue weighted by molar-refractivity contribution is 7.48. The number of rotatable bonds is 13. The normalized spacial score (nSPS) is 29.7. The second-order valence-electron chi connectivity index (χ2n) is 5.90. The third kappa shape index (κ3) is 6.75. The summed E-state index contributed by atoms with van der Waals surface area (Å²) in [6, 6.07) is -0.194. The summed E-state index contributed by atoms with van der Waals surface area (Å²) < 4.78 is 45.8. The van der Waals surface area contributed by atoms with E-state index in [2.05, 4.69) is 6.92 Å². The van der Waals surface area contributed by atoms with Crippen molar-refractivity contribution < 1.29 is 32.3 Å². The lowest BCUT2D eigenvalue weighted by atomic mass is 9.93. The van der Waals surface area contributed by atoms with E-state index in [1.807, 2.05) is 14.8 Å².